The first-order chi connectivity index (χ1) is 14.3. The second-order valence-electron chi connectivity index (χ2n) is 7.43. The van der Waals surface area contributed by atoms with Gasteiger partial charge in [0, 0.05) is 11.4 Å². The molecular formula is C22H26N2O4S2. The third-order valence-electron chi connectivity index (χ3n) is 4.98. The molecule has 0 radical (unpaired) electrons. The molecule has 0 saturated heterocycles. The van der Waals surface area contributed by atoms with Crippen LogP contribution in [0.4, 0.5) is 11.4 Å². The fraction of sp³-hybridized carbons (Fsp3) is 0.364. The predicted octanol–water partition coefficient (Wildman–Crippen LogP) is 4.02. The maximum Gasteiger partial charge on any atom is 0.234 e. The normalized spacial score (nSPS) is 14.4. The highest BCUT2D eigenvalue weighted by molar-refractivity contribution is 8.00. The first-order valence-corrected chi connectivity index (χ1v) is 12.6. The molecule has 30 heavy (non-hydrogen) atoms. The second kappa shape index (κ2) is 10.1. The average Bonchev–Trinajstić information content (AvgIpc) is 3.24. The van der Waals surface area contributed by atoms with Gasteiger partial charge < -0.3 is 10.6 Å². The molecule has 0 heterocycles. The Bertz CT molecular complexity index is 998. The quantitative estimate of drug-likeness (QED) is 0.639. The van der Waals surface area contributed by atoms with E-state index in [0.29, 0.717) is 10.6 Å². The van der Waals surface area contributed by atoms with Gasteiger partial charge in [0.2, 0.25) is 11.8 Å². The Balaban J connectivity index is 1.44. The number of benzene rings is 2. The van der Waals surface area contributed by atoms with E-state index in [1.165, 1.54) is 11.8 Å². The highest BCUT2D eigenvalue weighted by atomic mass is 32.2. The van der Waals surface area contributed by atoms with Crippen LogP contribution in [-0.2, 0) is 19.4 Å². The van der Waals surface area contributed by atoms with Gasteiger partial charge in [0.25, 0.3) is 0 Å². The summed E-state index contributed by atoms with van der Waals surface area (Å²) in [5.41, 5.74) is 2.33. The SMILES string of the molecule is Cc1cccc(NC(=O)CSCC(=O)Nc2ccc(S(=O)(=O)C3CCCC3)cc2)c1. The molecule has 0 bridgehead atoms. The summed E-state index contributed by atoms with van der Waals surface area (Å²) < 4.78 is 25.2. The van der Waals surface area contributed by atoms with Gasteiger partial charge in [-0.3, -0.25) is 9.59 Å². The number of sulfone groups is 1. The minimum absolute atomic E-state index is 0.128. The molecule has 1 saturated carbocycles. The molecule has 1 fully saturated rings. The van der Waals surface area contributed by atoms with Crippen molar-refractivity contribution in [3.63, 3.8) is 0 Å². The smallest absolute Gasteiger partial charge is 0.234 e. The Morgan fingerprint density at radius 2 is 1.53 bits per heavy atom. The number of rotatable bonds is 8. The van der Waals surface area contributed by atoms with Crippen LogP contribution >= 0.6 is 11.8 Å². The second-order valence-corrected chi connectivity index (χ2v) is 10.6. The molecule has 8 heteroatoms. The fourth-order valence-corrected chi connectivity index (χ4v) is 5.94. The lowest BCUT2D eigenvalue weighted by Gasteiger charge is -2.12. The summed E-state index contributed by atoms with van der Waals surface area (Å²) >= 11 is 1.22. The number of aryl methyl sites for hydroxylation is 1. The minimum Gasteiger partial charge on any atom is -0.325 e. The minimum atomic E-state index is -3.30. The molecule has 2 aromatic carbocycles. The standard InChI is InChI=1S/C22H26N2O4S2/c1-16-5-4-6-18(13-16)24-22(26)15-29-14-21(25)23-17-9-11-20(12-10-17)30(27,28)19-7-2-3-8-19/h4-6,9-13,19H,2-3,7-8,14-15H2,1H3,(H,23,25)(H,24,26). The lowest BCUT2D eigenvalue weighted by Crippen LogP contribution is -2.19. The lowest BCUT2D eigenvalue weighted by molar-refractivity contribution is -0.114. The summed E-state index contributed by atoms with van der Waals surface area (Å²) in [5, 5.41) is 5.24. The molecule has 0 atom stereocenters. The number of nitrogens with one attached hydrogen (secondary N) is 2. The van der Waals surface area contributed by atoms with Crippen LogP contribution in [-0.4, -0.2) is 37.0 Å². The summed E-state index contributed by atoms with van der Waals surface area (Å²) in [7, 11) is -3.30. The van der Waals surface area contributed by atoms with Gasteiger partial charge in [-0.05, 0) is 61.7 Å². The summed E-state index contributed by atoms with van der Waals surface area (Å²) in [6, 6.07) is 13.8. The van der Waals surface area contributed by atoms with Crippen molar-refractivity contribution in [3.8, 4) is 0 Å². The number of carbonyl (C=O) groups excluding carboxylic acids is 2. The monoisotopic (exact) mass is 446 g/mol. The van der Waals surface area contributed by atoms with Crippen LogP contribution in [0.5, 0.6) is 0 Å². The zero-order chi connectivity index (χ0) is 21.6. The van der Waals surface area contributed by atoms with Gasteiger partial charge in [-0.25, -0.2) is 8.42 Å². The van der Waals surface area contributed by atoms with E-state index in [-0.39, 0.29) is 28.6 Å². The topological polar surface area (TPSA) is 92.3 Å². The molecule has 0 unspecified atom stereocenters. The Labute approximate surface area is 181 Å². The van der Waals surface area contributed by atoms with Gasteiger partial charge in [-0.2, -0.15) is 0 Å². The number of amides is 2. The van der Waals surface area contributed by atoms with Gasteiger partial charge >= 0.3 is 0 Å². The molecule has 6 nitrogen and oxygen atoms in total. The molecule has 3 rings (SSSR count). The predicted molar refractivity (Wildman–Crippen MR) is 122 cm³/mol. The summed E-state index contributed by atoms with van der Waals surface area (Å²) in [4.78, 5) is 24.4. The van der Waals surface area contributed by atoms with Crippen LogP contribution < -0.4 is 10.6 Å². The van der Waals surface area contributed by atoms with E-state index in [1.54, 1.807) is 24.3 Å². The zero-order valence-corrected chi connectivity index (χ0v) is 18.5. The van der Waals surface area contributed by atoms with Crippen LogP contribution in [0.25, 0.3) is 0 Å². The fourth-order valence-electron chi connectivity index (χ4n) is 3.47. The highest BCUT2D eigenvalue weighted by Gasteiger charge is 2.30. The van der Waals surface area contributed by atoms with E-state index < -0.39 is 9.84 Å². The van der Waals surface area contributed by atoms with Crippen molar-refractivity contribution in [1.29, 1.82) is 0 Å². The van der Waals surface area contributed by atoms with E-state index in [0.717, 1.165) is 36.9 Å². The van der Waals surface area contributed by atoms with Crippen LogP contribution in [0.3, 0.4) is 0 Å². The average molecular weight is 447 g/mol. The maximum atomic E-state index is 12.6. The Morgan fingerprint density at radius 3 is 2.13 bits per heavy atom. The molecule has 2 N–H and O–H groups in total. The maximum absolute atomic E-state index is 12.6. The summed E-state index contributed by atoms with van der Waals surface area (Å²) in [6.45, 7) is 1.95. The lowest BCUT2D eigenvalue weighted by atomic mass is 10.2. The van der Waals surface area contributed by atoms with Crippen LogP contribution in [0, 0.1) is 6.92 Å². The van der Waals surface area contributed by atoms with E-state index in [2.05, 4.69) is 10.6 Å². The van der Waals surface area contributed by atoms with E-state index in [1.807, 2.05) is 31.2 Å². The van der Waals surface area contributed by atoms with Crippen molar-refractivity contribution in [3.05, 3.63) is 54.1 Å². The van der Waals surface area contributed by atoms with Gasteiger partial charge in [0.05, 0.1) is 21.7 Å². The third-order valence-corrected chi connectivity index (χ3v) is 8.19. The number of hydrogen-bond donors (Lipinski definition) is 2. The molecule has 1 aliphatic rings. The van der Waals surface area contributed by atoms with Crippen molar-refractivity contribution < 1.29 is 18.0 Å². The molecule has 1 aliphatic carbocycles. The highest BCUT2D eigenvalue weighted by Crippen LogP contribution is 2.30. The molecule has 160 valence electrons. The molecule has 0 aliphatic heterocycles. The molecule has 0 spiro atoms. The number of anilines is 2. The van der Waals surface area contributed by atoms with Crippen molar-refractivity contribution in [2.75, 3.05) is 22.1 Å². The first-order valence-electron chi connectivity index (χ1n) is 9.93. The van der Waals surface area contributed by atoms with E-state index in [9.17, 15) is 18.0 Å². The Hall–Kier alpha value is -2.32. The van der Waals surface area contributed by atoms with Gasteiger partial charge in [0.1, 0.15) is 0 Å². The van der Waals surface area contributed by atoms with Crippen LogP contribution in [0.2, 0.25) is 0 Å². The summed E-state index contributed by atoms with van der Waals surface area (Å²) in [6.07, 6.45) is 3.35. The summed E-state index contributed by atoms with van der Waals surface area (Å²) in [5.74, 6) is -0.113. The number of hydrogen-bond acceptors (Lipinski definition) is 5. The van der Waals surface area contributed by atoms with E-state index in [4.69, 9.17) is 0 Å². The van der Waals surface area contributed by atoms with E-state index >= 15 is 0 Å². The first kappa shape index (κ1) is 22.4. The molecular weight excluding hydrogens is 420 g/mol. The van der Waals surface area contributed by atoms with Crippen molar-refractivity contribution in [2.24, 2.45) is 0 Å². The van der Waals surface area contributed by atoms with Gasteiger partial charge in [-0.1, -0.05) is 25.0 Å². The Kier molecular flexibility index (Phi) is 7.55. The largest absolute Gasteiger partial charge is 0.325 e. The van der Waals surface area contributed by atoms with Crippen LogP contribution in [0.1, 0.15) is 31.2 Å². The van der Waals surface area contributed by atoms with Crippen molar-refractivity contribution >= 4 is 44.8 Å². The molecule has 2 amide bonds. The zero-order valence-electron chi connectivity index (χ0n) is 16.9. The third kappa shape index (κ3) is 6.09. The van der Waals surface area contributed by atoms with Crippen molar-refractivity contribution in [2.45, 2.75) is 42.8 Å². The molecule has 0 aromatic heterocycles. The van der Waals surface area contributed by atoms with Gasteiger partial charge in [-0.15, -0.1) is 11.8 Å². The molecule has 2 aromatic rings. The number of carbonyl (C=O) groups is 2. The Morgan fingerprint density at radius 1 is 0.933 bits per heavy atom. The van der Waals surface area contributed by atoms with Gasteiger partial charge in [0.15, 0.2) is 9.84 Å². The number of thioether (sulfide) groups is 1. The van der Waals surface area contributed by atoms with Crippen LogP contribution in [0.15, 0.2) is 53.4 Å². The van der Waals surface area contributed by atoms with Crippen molar-refractivity contribution in [1.82, 2.24) is 0 Å².